The van der Waals surface area contributed by atoms with Crippen LogP contribution in [-0.4, -0.2) is 30.5 Å². The Morgan fingerprint density at radius 3 is 2.14 bits per heavy atom. The lowest BCUT2D eigenvalue weighted by Gasteiger charge is -2.22. The lowest BCUT2D eigenvalue weighted by molar-refractivity contribution is -0.123. The highest BCUT2D eigenvalue weighted by Crippen LogP contribution is 2.27. The van der Waals surface area contributed by atoms with Crippen molar-refractivity contribution >= 4 is 22.6 Å². The Bertz CT molecular complexity index is 868. The van der Waals surface area contributed by atoms with Crippen molar-refractivity contribution in [1.29, 1.82) is 0 Å². The first-order valence-corrected chi connectivity index (χ1v) is 10.9. The molecule has 4 rings (SSSR count). The summed E-state index contributed by atoms with van der Waals surface area (Å²) in [6.07, 6.45) is 10.2. The lowest BCUT2D eigenvalue weighted by Crippen LogP contribution is -2.36. The van der Waals surface area contributed by atoms with E-state index in [4.69, 9.17) is 4.74 Å². The van der Waals surface area contributed by atoms with Crippen molar-refractivity contribution in [1.82, 2.24) is 10.6 Å². The molecule has 0 spiro atoms. The average molecular weight is 395 g/mol. The quantitative estimate of drug-likeness (QED) is 0.766. The lowest BCUT2D eigenvalue weighted by atomic mass is 9.96. The maximum absolute atomic E-state index is 13.1. The number of amides is 2. The van der Waals surface area contributed by atoms with E-state index in [1.807, 2.05) is 36.4 Å². The van der Waals surface area contributed by atoms with E-state index in [0.29, 0.717) is 17.4 Å². The van der Waals surface area contributed by atoms with Crippen molar-refractivity contribution in [3.05, 3.63) is 42.0 Å². The number of hydrogen-bond acceptors (Lipinski definition) is 3. The van der Waals surface area contributed by atoms with E-state index in [1.165, 1.54) is 19.3 Å². The van der Waals surface area contributed by atoms with Gasteiger partial charge in [-0.2, -0.15) is 0 Å². The van der Waals surface area contributed by atoms with E-state index >= 15 is 0 Å². The van der Waals surface area contributed by atoms with Crippen LogP contribution in [-0.2, 0) is 4.79 Å². The van der Waals surface area contributed by atoms with Crippen molar-refractivity contribution in [2.45, 2.75) is 69.9 Å². The van der Waals surface area contributed by atoms with Crippen molar-refractivity contribution < 1.29 is 14.3 Å². The number of nitrogens with one attached hydrogen (secondary N) is 2. The summed E-state index contributed by atoms with van der Waals surface area (Å²) in [6, 6.07) is 12.1. The predicted octanol–water partition coefficient (Wildman–Crippen LogP) is 4.34. The molecule has 2 aliphatic carbocycles. The number of carbonyl (C=O) groups is 2. The topological polar surface area (TPSA) is 67.4 Å². The summed E-state index contributed by atoms with van der Waals surface area (Å²) >= 11 is 0. The van der Waals surface area contributed by atoms with Crippen LogP contribution in [0.2, 0.25) is 0 Å². The first-order valence-electron chi connectivity index (χ1n) is 10.9. The zero-order valence-corrected chi connectivity index (χ0v) is 16.9. The minimum atomic E-state index is -0.132. The van der Waals surface area contributed by atoms with E-state index in [9.17, 15) is 9.59 Å². The van der Waals surface area contributed by atoms with Crippen LogP contribution in [0.25, 0.3) is 10.8 Å². The summed E-state index contributed by atoms with van der Waals surface area (Å²) in [5.74, 6) is 0.226. The Balaban J connectivity index is 1.51. The van der Waals surface area contributed by atoms with Crippen LogP contribution in [0.5, 0.6) is 5.75 Å². The molecule has 2 saturated carbocycles. The molecule has 0 saturated heterocycles. The van der Waals surface area contributed by atoms with E-state index in [1.54, 1.807) is 0 Å². The molecule has 0 radical (unpaired) electrons. The molecule has 29 heavy (non-hydrogen) atoms. The van der Waals surface area contributed by atoms with Gasteiger partial charge in [0.2, 0.25) is 0 Å². The molecule has 0 heterocycles. The highest BCUT2D eigenvalue weighted by molar-refractivity contribution is 6.01. The monoisotopic (exact) mass is 394 g/mol. The van der Waals surface area contributed by atoms with Gasteiger partial charge >= 0.3 is 0 Å². The third kappa shape index (κ3) is 5.49. The zero-order valence-electron chi connectivity index (χ0n) is 16.9. The van der Waals surface area contributed by atoms with Gasteiger partial charge in [0.25, 0.3) is 11.8 Å². The molecule has 5 heteroatoms. The zero-order chi connectivity index (χ0) is 20.1. The Morgan fingerprint density at radius 1 is 0.828 bits per heavy atom. The Labute approximate surface area is 172 Å². The molecule has 154 valence electrons. The predicted molar refractivity (Wildman–Crippen MR) is 114 cm³/mol. The van der Waals surface area contributed by atoms with Gasteiger partial charge in [-0.15, -0.1) is 0 Å². The first-order chi connectivity index (χ1) is 14.2. The molecule has 2 N–H and O–H groups in total. The smallest absolute Gasteiger partial charge is 0.258 e. The van der Waals surface area contributed by atoms with Crippen LogP contribution in [0.1, 0.15) is 68.1 Å². The van der Waals surface area contributed by atoms with Gasteiger partial charge in [0.15, 0.2) is 6.61 Å². The number of rotatable bonds is 6. The molecule has 2 aromatic carbocycles. The van der Waals surface area contributed by atoms with Crippen LogP contribution >= 0.6 is 0 Å². The van der Waals surface area contributed by atoms with Gasteiger partial charge in [-0.05, 0) is 48.6 Å². The average Bonchev–Trinajstić information content (AvgIpc) is 3.51. The Morgan fingerprint density at radius 2 is 1.45 bits per heavy atom. The second-order valence-corrected chi connectivity index (χ2v) is 8.34. The molecule has 0 atom stereocenters. The van der Waals surface area contributed by atoms with Gasteiger partial charge in [0, 0.05) is 12.1 Å². The maximum atomic E-state index is 13.1. The van der Waals surface area contributed by atoms with Crippen LogP contribution < -0.4 is 15.4 Å². The van der Waals surface area contributed by atoms with E-state index in [0.717, 1.165) is 49.3 Å². The van der Waals surface area contributed by atoms with E-state index in [-0.39, 0.29) is 24.5 Å². The SMILES string of the molecule is O=C(COc1cc2ccccc2cc1C(=O)NC1CCCCCCC1)NC1CC1. The summed E-state index contributed by atoms with van der Waals surface area (Å²) in [6.45, 7) is -0.0709. The van der Waals surface area contributed by atoms with Gasteiger partial charge in [-0.1, -0.05) is 56.4 Å². The summed E-state index contributed by atoms with van der Waals surface area (Å²) in [4.78, 5) is 25.2. The molecule has 2 amide bonds. The highest BCUT2D eigenvalue weighted by atomic mass is 16.5. The first kappa shape index (κ1) is 19.7. The summed E-state index contributed by atoms with van der Waals surface area (Å²) in [5.41, 5.74) is 0.505. The summed E-state index contributed by atoms with van der Waals surface area (Å²) < 4.78 is 5.82. The number of hydrogen-bond donors (Lipinski definition) is 2. The third-order valence-corrected chi connectivity index (χ3v) is 5.83. The molecular weight excluding hydrogens is 364 g/mol. The van der Waals surface area contributed by atoms with Crippen molar-refractivity contribution in [3.8, 4) is 5.75 Å². The summed E-state index contributed by atoms with van der Waals surface area (Å²) in [7, 11) is 0. The van der Waals surface area contributed by atoms with Gasteiger partial charge < -0.3 is 15.4 Å². The van der Waals surface area contributed by atoms with Gasteiger partial charge in [-0.25, -0.2) is 0 Å². The number of ether oxygens (including phenoxy) is 1. The van der Waals surface area contributed by atoms with Crippen molar-refractivity contribution in [2.24, 2.45) is 0 Å². The number of fused-ring (bicyclic) bond motifs is 1. The largest absolute Gasteiger partial charge is 0.483 e. The minimum Gasteiger partial charge on any atom is -0.483 e. The van der Waals surface area contributed by atoms with Crippen LogP contribution in [0.4, 0.5) is 0 Å². The molecule has 0 aromatic heterocycles. The van der Waals surface area contributed by atoms with Crippen molar-refractivity contribution in [2.75, 3.05) is 6.61 Å². The Hall–Kier alpha value is -2.56. The van der Waals surface area contributed by atoms with Gasteiger partial charge in [0.1, 0.15) is 5.75 Å². The molecule has 0 aliphatic heterocycles. The second-order valence-electron chi connectivity index (χ2n) is 8.34. The minimum absolute atomic E-state index is 0.0709. The Kier molecular flexibility index (Phi) is 6.33. The van der Waals surface area contributed by atoms with Crippen LogP contribution in [0.15, 0.2) is 36.4 Å². The maximum Gasteiger partial charge on any atom is 0.258 e. The molecular formula is C24H30N2O3. The molecule has 2 aliphatic rings. The standard InChI is InChI=1S/C24H30N2O3/c27-23(25-20-12-13-20)16-29-22-15-18-9-7-6-8-17(18)14-21(22)24(28)26-19-10-4-2-1-3-5-11-19/h6-9,14-15,19-20H,1-5,10-13,16H2,(H,25,27)(H,26,28). The number of carbonyl (C=O) groups excluding carboxylic acids is 2. The van der Waals surface area contributed by atoms with Crippen LogP contribution in [0.3, 0.4) is 0 Å². The van der Waals surface area contributed by atoms with E-state index < -0.39 is 0 Å². The molecule has 2 fully saturated rings. The fourth-order valence-corrected chi connectivity index (χ4v) is 4.02. The normalized spacial score (nSPS) is 17.9. The fraction of sp³-hybridized carbons (Fsp3) is 0.500. The molecule has 2 aromatic rings. The van der Waals surface area contributed by atoms with Crippen molar-refractivity contribution in [3.63, 3.8) is 0 Å². The van der Waals surface area contributed by atoms with Gasteiger partial charge in [0.05, 0.1) is 5.56 Å². The van der Waals surface area contributed by atoms with E-state index in [2.05, 4.69) is 10.6 Å². The highest BCUT2D eigenvalue weighted by Gasteiger charge is 2.24. The molecule has 0 bridgehead atoms. The second kappa shape index (κ2) is 9.29. The summed E-state index contributed by atoms with van der Waals surface area (Å²) in [5, 5.41) is 8.13. The molecule has 5 nitrogen and oxygen atoms in total. The molecule has 0 unspecified atom stereocenters. The fourth-order valence-electron chi connectivity index (χ4n) is 4.02. The third-order valence-electron chi connectivity index (χ3n) is 5.83. The van der Waals surface area contributed by atoms with Gasteiger partial charge in [-0.3, -0.25) is 9.59 Å². The van der Waals surface area contributed by atoms with Crippen LogP contribution in [0, 0.1) is 0 Å². The number of benzene rings is 2.